The van der Waals surface area contributed by atoms with E-state index in [0.29, 0.717) is 21.7 Å². The summed E-state index contributed by atoms with van der Waals surface area (Å²) in [4.78, 5) is 12.4. The second-order valence-electron chi connectivity index (χ2n) is 5.86. The van der Waals surface area contributed by atoms with Gasteiger partial charge < -0.3 is 14.6 Å². The minimum atomic E-state index is -2.98. The average Bonchev–Trinajstić information content (AvgIpc) is 3.22. The lowest BCUT2D eigenvalue weighted by atomic mass is 10.2. The van der Waals surface area contributed by atoms with Gasteiger partial charge in [-0.05, 0) is 22.9 Å². The summed E-state index contributed by atoms with van der Waals surface area (Å²) in [5.74, 6) is -2.06. The van der Waals surface area contributed by atoms with Crippen LogP contribution in [0.5, 0.6) is 5.88 Å². The lowest BCUT2D eigenvalue weighted by Gasteiger charge is -2.17. The van der Waals surface area contributed by atoms with Crippen LogP contribution in [0.4, 0.5) is 20.4 Å². The van der Waals surface area contributed by atoms with Crippen molar-refractivity contribution in [2.45, 2.75) is 25.4 Å². The largest absolute Gasteiger partial charge is 0.480 e. The standard InChI is InChI=1S/C15H14BrF2N7O/c1-8-10(21-14-20-5-9(16)13(22-14)26-2)6-25(23-8)11-12-19-3-4-24(12)7-15(11,17)18/h3-6,11H,7H2,1-2H3,(H,20,21,22). The molecule has 4 heterocycles. The quantitative estimate of drug-likeness (QED) is 0.691. The number of aromatic nitrogens is 6. The minimum Gasteiger partial charge on any atom is -0.480 e. The van der Waals surface area contributed by atoms with Crippen molar-refractivity contribution in [3.8, 4) is 5.88 Å². The molecule has 0 amide bonds. The number of fused-ring (bicyclic) bond motifs is 1. The predicted octanol–water partition coefficient (Wildman–Crippen LogP) is 2.93. The number of anilines is 2. The van der Waals surface area contributed by atoms with E-state index in [1.807, 2.05) is 0 Å². The Balaban J connectivity index is 1.66. The highest BCUT2D eigenvalue weighted by Crippen LogP contribution is 2.41. The fraction of sp³-hybridized carbons (Fsp3) is 0.333. The number of imidazole rings is 1. The Morgan fingerprint density at radius 3 is 2.96 bits per heavy atom. The van der Waals surface area contributed by atoms with Gasteiger partial charge in [0.25, 0.3) is 5.92 Å². The Kier molecular flexibility index (Phi) is 3.90. The number of ether oxygens (including phenoxy) is 1. The number of alkyl halides is 2. The monoisotopic (exact) mass is 425 g/mol. The van der Waals surface area contributed by atoms with E-state index in [-0.39, 0.29) is 11.8 Å². The van der Waals surface area contributed by atoms with Gasteiger partial charge in [-0.25, -0.2) is 18.7 Å². The van der Waals surface area contributed by atoms with E-state index in [1.54, 1.807) is 13.1 Å². The summed E-state index contributed by atoms with van der Waals surface area (Å²) < 4.78 is 37.3. The summed E-state index contributed by atoms with van der Waals surface area (Å²) in [6.07, 6.45) is 6.10. The van der Waals surface area contributed by atoms with Crippen LogP contribution < -0.4 is 10.1 Å². The Bertz CT molecular complexity index is 971. The molecule has 0 fully saturated rings. The van der Waals surface area contributed by atoms with E-state index in [9.17, 15) is 8.78 Å². The summed E-state index contributed by atoms with van der Waals surface area (Å²) in [5.41, 5.74) is 1.06. The lowest BCUT2D eigenvalue weighted by molar-refractivity contribution is -0.0356. The molecule has 11 heteroatoms. The normalized spacial score (nSPS) is 18.0. The van der Waals surface area contributed by atoms with E-state index in [1.165, 1.54) is 34.9 Å². The molecule has 3 aromatic rings. The lowest BCUT2D eigenvalue weighted by Crippen LogP contribution is -2.29. The van der Waals surface area contributed by atoms with Gasteiger partial charge in [-0.15, -0.1) is 0 Å². The number of rotatable bonds is 4. The van der Waals surface area contributed by atoms with Crippen LogP contribution in [0.1, 0.15) is 17.6 Å². The van der Waals surface area contributed by atoms with Crippen LogP contribution in [-0.4, -0.2) is 42.3 Å². The highest BCUT2D eigenvalue weighted by Gasteiger charge is 2.51. The molecule has 1 N–H and O–H groups in total. The molecule has 136 valence electrons. The number of hydrogen-bond donors (Lipinski definition) is 1. The first kappa shape index (κ1) is 16.9. The van der Waals surface area contributed by atoms with Gasteiger partial charge in [-0.1, -0.05) is 0 Å². The van der Waals surface area contributed by atoms with Gasteiger partial charge in [0.2, 0.25) is 11.8 Å². The Labute approximate surface area is 155 Å². The maximum Gasteiger partial charge on any atom is 0.294 e. The van der Waals surface area contributed by atoms with Gasteiger partial charge in [-0.2, -0.15) is 10.1 Å². The average molecular weight is 426 g/mol. The molecule has 4 rings (SSSR count). The fourth-order valence-corrected chi connectivity index (χ4v) is 3.28. The Morgan fingerprint density at radius 1 is 1.38 bits per heavy atom. The first-order valence-corrected chi connectivity index (χ1v) is 8.46. The molecule has 0 saturated heterocycles. The van der Waals surface area contributed by atoms with Crippen molar-refractivity contribution in [3.63, 3.8) is 0 Å². The second-order valence-corrected chi connectivity index (χ2v) is 6.72. The van der Waals surface area contributed by atoms with Gasteiger partial charge in [0.15, 0.2) is 6.04 Å². The summed E-state index contributed by atoms with van der Waals surface area (Å²) >= 11 is 3.28. The van der Waals surface area contributed by atoms with Gasteiger partial charge in [0.1, 0.15) is 5.82 Å². The van der Waals surface area contributed by atoms with E-state index >= 15 is 0 Å². The van der Waals surface area contributed by atoms with Crippen molar-refractivity contribution in [1.82, 2.24) is 29.3 Å². The summed E-state index contributed by atoms with van der Waals surface area (Å²) in [5, 5.41) is 7.23. The third-order valence-electron chi connectivity index (χ3n) is 4.11. The second kappa shape index (κ2) is 6.01. The molecule has 0 spiro atoms. The Hall–Kier alpha value is -2.56. The van der Waals surface area contributed by atoms with Crippen molar-refractivity contribution in [2.24, 2.45) is 0 Å². The Morgan fingerprint density at radius 2 is 2.19 bits per heavy atom. The SMILES string of the molecule is COc1nc(Nc2cn(C3c4nccn4CC3(F)F)nc2C)ncc1Br. The molecule has 1 aliphatic heterocycles. The summed E-state index contributed by atoms with van der Waals surface area (Å²) in [7, 11) is 1.49. The number of halogens is 3. The van der Waals surface area contributed by atoms with Gasteiger partial charge >= 0.3 is 0 Å². The molecule has 3 aromatic heterocycles. The number of aryl methyl sites for hydroxylation is 1. The maximum atomic E-state index is 14.4. The fourth-order valence-electron chi connectivity index (χ4n) is 2.93. The molecule has 26 heavy (non-hydrogen) atoms. The molecular weight excluding hydrogens is 412 g/mol. The molecule has 0 aromatic carbocycles. The number of nitrogens with one attached hydrogen (secondary N) is 1. The van der Waals surface area contributed by atoms with Crippen LogP contribution in [0.2, 0.25) is 0 Å². The zero-order valence-corrected chi connectivity index (χ0v) is 15.4. The van der Waals surface area contributed by atoms with Crippen LogP contribution >= 0.6 is 15.9 Å². The molecule has 1 atom stereocenters. The van der Waals surface area contributed by atoms with E-state index < -0.39 is 18.5 Å². The van der Waals surface area contributed by atoms with E-state index in [0.717, 1.165) is 0 Å². The predicted molar refractivity (Wildman–Crippen MR) is 91.8 cm³/mol. The number of hydrogen-bond acceptors (Lipinski definition) is 6. The molecule has 0 bridgehead atoms. The smallest absolute Gasteiger partial charge is 0.294 e. The maximum absolute atomic E-state index is 14.4. The summed E-state index contributed by atoms with van der Waals surface area (Å²) in [6, 6.07) is -1.26. The highest BCUT2D eigenvalue weighted by molar-refractivity contribution is 9.10. The first-order valence-electron chi connectivity index (χ1n) is 7.67. The topological polar surface area (TPSA) is 82.7 Å². The third-order valence-corrected chi connectivity index (χ3v) is 4.65. The molecular formula is C15H14BrF2N7O. The van der Waals surface area contributed by atoms with Crippen molar-refractivity contribution in [2.75, 3.05) is 12.4 Å². The van der Waals surface area contributed by atoms with Crippen molar-refractivity contribution < 1.29 is 13.5 Å². The van der Waals surface area contributed by atoms with Crippen molar-refractivity contribution in [3.05, 3.63) is 40.8 Å². The molecule has 8 nitrogen and oxygen atoms in total. The van der Waals surface area contributed by atoms with Crippen LogP contribution in [0.3, 0.4) is 0 Å². The molecule has 1 aliphatic rings. The number of nitrogens with zero attached hydrogens (tertiary/aromatic N) is 6. The number of methoxy groups -OCH3 is 1. The van der Waals surface area contributed by atoms with E-state index in [4.69, 9.17) is 4.74 Å². The van der Waals surface area contributed by atoms with Crippen molar-refractivity contribution in [1.29, 1.82) is 0 Å². The molecule has 0 aliphatic carbocycles. The zero-order chi connectivity index (χ0) is 18.5. The van der Waals surface area contributed by atoms with Crippen LogP contribution in [0.25, 0.3) is 0 Å². The van der Waals surface area contributed by atoms with Crippen LogP contribution in [0.15, 0.2) is 29.3 Å². The van der Waals surface area contributed by atoms with Gasteiger partial charge in [0.05, 0.1) is 35.7 Å². The highest BCUT2D eigenvalue weighted by atomic mass is 79.9. The van der Waals surface area contributed by atoms with Gasteiger partial charge in [-0.3, -0.25) is 4.68 Å². The molecule has 0 radical (unpaired) electrons. The summed E-state index contributed by atoms with van der Waals surface area (Å²) in [6.45, 7) is 1.30. The molecule has 1 unspecified atom stereocenters. The zero-order valence-electron chi connectivity index (χ0n) is 13.8. The van der Waals surface area contributed by atoms with E-state index in [2.05, 4.69) is 41.3 Å². The van der Waals surface area contributed by atoms with Crippen LogP contribution in [-0.2, 0) is 6.54 Å². The van der Waals surface area contributed by atoms with Crippen molar-refractivity contribution >= 4 is 27.6 Å². The molecule has 0 saturated carbocycles. The first-order chi connectivity index (χ1) is 12.4. The van der Waals surface area contributed by atoms with Gasteiger partial charge in [0, 0.05) is 18.6 Å². The van der Waals surface area contributed by atoms with Crippen LogP contribution in [0, 0.1) is 6.92 Å². The minimum absolute atomic E-state index is 0.271. The third kappa shape index (κ3) is 2.71.